The zero-order chi connectivity index (χ0) is 44.8. The van der Waals surface area contributed by atoms with Gasteiger partial charge in [-0.05, 0) is 98.3 Å². The molecular weight excluding hydrogens is 791 g/mol. The third-order valence-electron chi connectivity index (χ3n) is 15.7. The number of carbonyl (C=O) groups excluding carboxylic acids is 2. The molecule has 8 unspecified atom stereocenters. The molecule has 0 aromatic heterocycles. The number of ether oxygens (including phenoxy) is 3. The number of alkyl carbamates (subject to hydrolysis) is 1. The van der Waals surface area contributed by atoms with Crippen molar-refractivity contribution in [3.8, 4) is 0 Å². The summed E-state index contributed by atoms with van der Waals surface area (Å²) in [5.74, 6) is 3.62. The van der Waals surface area contributed by atoms with E-state index in [1.54, 1.807) is 7.05 Å². The first-order valence-electron chi connectivity index (χ1n) is 23.1. The van der Waals surface area contributed by atoms with Crippen molar-refractivity contribution in [2.45, 2.75) is 166 Å². The number of amides is 2. The largest absolute Gasteiger partial charge is 0.446 e. The SMILES string of the molecule is CC(C)CCC[C@@H](C)[C@H]1CC[C@H]2[C@@H]3CC=C4CC(OC(=O)NCCN(C)CCNC(=O)C(O)C(O)C(O[C@@H]5OC(CO)[C@H](O)C(O)C5O)C(O)CO)CC[C@]4(C)[C@H]3CC[C@]12C. The molecule has 4 fully saturated rings. The second-order valence-corrected chi connectivity index (χ2v) is 20.1. The van der Waals surface area contributed by atoms with E-state index in [0.717, 1.165) is 55.3 Å². The van der Waals surface area contributed by atoms with Gasteiger partial charge < -0.3 is 70.6 Å². The van der Waals surface area contributed by atoms with Gasteiger partial charge in [0, 0.05) is 32.6 Å². The van der Waals surface area contributed by atoms with Crippen LogP contribution in [0.25, 0.3) is 0 Å². The Morgan fingerprint density at radius 1 is 0.918 bits per heavy atom. The van der Waals surface area contributed by atoms with E-state index in [2.05, 4.69) is 51.3 Å². The molecule has 17 atom stereocenters. The van der Waals surface area contributed by atoms with Gasteiger partial charge in [0.05, 0.1) is 13.2 Å². The van der Waals surface area contributed by atoms with Gasteiger partial charge in [-0.25, -0.2) is 4.79 Å². The van der Waals surface area contributed by atoms with Crippen molar-refractivity contribution in [1.82, 2.24) is 15.5 Å². The van der Waals surface area contributed by atoms with E-state index in [-0.39, 0.29) is 18.1 Å². The Morgan fingerprint density at radius 3 is 2.30 bits per heavy atom. The molecule has 10 N–H and O–H groups in total. The molecule has 2 amide bonds. The number of aliphatic hydroxyl groups is 8. The molecule has 0 aromatic rings. The standard InChI is InChI=1S/C45H79N3O13/c1-25(2)8-7-9-26(3)30-12-13-31-29-11-10-27-22-28(14-16-44(27,4)32(29)15-17-45(30,31)5)59-43(58)47-19-21-48(6)20-18-46-41(57)38(55)37(54)40(33(51)23-49)61-42-39(56)36(53)35(52)34(24-50)60-42/h10,25-26,28-40,42,49-56H,7-9,11-24H2,1-6H3,(H,46,57)(H,47,58)/t26-,28?,29+,30-,31+,32+,33?,34?,35+,36?,37?,38?,39?,40?,42+,44+,45-/m1/s1. The third kappa shape index (κ3) is 11.5. The first-order chi connectivity index (χ1) is 28.9. The Balaban J connectivity index is 1.01. The van der Waals surface area contributed by atoms with E-state index in [4.69, 9.17) is 14.2 Å². The smallest absolute Gasteiger partial charge is 0.407 e. The highest BCUT2D eigenvalue weighted by molar-refractivity contribution is 5.81. The Hall–Kier alpha value is -1.96. The van der Waals surface area contributed by atoms with Crippen LogP contribution in [0.2, 0.25) is 0 Å². The van der Waals surface area contributed by atoms with E-state index < -0.39 is 80.3 Å². The summed E-state index contributed by atoms with van der Waals surface area (Å²) in [5.41, 5.74) is 2.08. The Morgan fingerprint density at radius 2 is 1.62 bits per heavy atom. The lowest BCUT2D eigenvalue weighted by Gasteiger charge is -2.58. The van der Waals surface area contributed by atoms with Gasteiger partial charge >= 0.3 is 6.09 Å². The molecule has 1 saturated heterocycles. The second kappa shape index (κ2) is 21.8. The van der Waals surface area contributed by atoms with Crippen molar-refractivity contribution in [2.24, 2.45) is 46.3 Å². The molecule has 1 aliphatic heterocycles. The summed E-state index contributed by atoms with van der Waals surface area (Å²) >= 11 is 0. The van der Waals surface area contributed by atoms with Crippen LogP contribution in [-0.4, -0.2) is 165 Å². The first-order valence-corrected chi connectivity index (χ1v) is 23.1. The van der Waals surface area contributed by atoms with Crippen molar-refractivity contribution in [3.63, 3.8) is 0 Å². The van der Waals surface area contributed by atoms with Gasteiger partial charge in [0.1, 0.15) is 48.8 Å². The lowest BCUT2D eigenvalue weighted by molar-refractivity contribution is -0.326. The van der Waals surface area contributed by atoms with E-state index >= 15 is 0 Å². The molecule has 0 spiro atoms. The number of carbonyl (C=O) groups is 2. The number of nitrogens with one attached hydrogen (secondary N) is 2. The van der Waals surface area contributed by atoms with Crippen molar-refractivity contribution >= 4 is 12.0 Å². The lowest BCUT2D eigenvalue weighted by atomic mass is 9.47. The minimum atomic E-state index is -2.15. The molecule has 4 aliphatic carbocycles. The second-order valence-electron chi connectivity index (χ2n) is 20.1. The highest BCUT2D eigenvalue weighted by atomic mass is 16.7. The lowest BCUT2D eigenvalue weighted by Crippen LogP contribution is -2.62. The van der Waals surface area contributed by atoms with Gasteiger partial charge in [0.2, 0.25) is 0 Å². The van der Waals surface area contributed by atoms with E-state index in [0.29, 0.717) is 31.0 Å². The van der Waals surface area contributed by atoms with Crippen LogP contribution < -0.4 is 10.6 Å². The fourth-order valence-electron chi connectivity index (χ4n) is 12.1. The van der Waals surface area contributed by atoms with Gasteiger partial charge in [-0.1, -0.05) is 65.5 Å². The Kier molecular flexibility index (Phi) is 17.9. The highest BCUT2D eigenvalue weighted by Gasteiger charge is 2.59. The summed E-state index contributed by atoms with van der Waals surface area (Å²) in [7, 11) is 1.78. The number of aliphatic hydroxyl groups excluding tert-OH is 8. The van der Waals surface area contributed by atoms with Gasteiger partial charge in [-0.2, -0.15) is 0 Å². The molecule has 61 heavy (non-hydrogen) atoms. The summed E-state index contributed by atoms with van der Waals surface area (Å²) < 4.78 is 16.5. The fraction of sp³-hybridized carbons (Fsp3) is 0.911. The highest BCUT2D eigenvalue weighted by Crippen LogP contribution is 2.67. The number of hydrogen-bond donors (Lipinski definition) is 10. The van der Waals surface area contributed by atoms with E-state index in [1.807, 2.05) is 4.90 Å². The summed E-state index contributed by atoms with van der Waals surface area (Å²) in [5, 5.41) is 86.2. The minimum absolute atomic E-state index is 0.0419. The Bertz CT molecular complexity index is 1450. The van der Waals surface area contributed by atoms with Crippen LogP contribution in [0.5, 0.6) is 0 Å². The van der Waals surface area contributed by atoms with Gasteiger partial charge in [-0.3, -0.25) is 4.79 Å². The Labute approximate surface area is 362 Å². The molecule has 0 bridgehead atoms. The molecule has 352 valence electrons. The summed E-state index contributed by atoms with van der Waals surface area (Å²) in [4.78, 5) is 27.5. The maximum Gasteiger partial charge on any atom is 0.407 e. The fourth-order valence-corrected chi connectivity index (χ4v) is 12.1. The van der Waals surface area contributed by atoms with Crippen LogP contribution in [0.4, 0.5) is 4.79 Å². The average Bonchev–Trinajstić information content (AvgIpc) is 3.59. The number of fused-ring (bicyclic) bond motifs is 5. The average molecular weight is 870 g/mol. The van der Waals surface area contributed by atoms with Gasteiger partial charge in [0.15, 0.2) is 12.4 Å². The molecule has 5 rings (SSSR count). The van der Waals surface area contributed by atoms with Crippen LogP contribution >= 0.6 is 0 Å². The molecule has 0 aromatic carbocycles. The summed E-state index contributed by atoms with van der Waals surface area (Å²) in [6.07, 6.45) is -1.52. The quantitative estimate of drug-likeness (QED) is 0.0779. The van der Waals surface area contributed by atoms with Crippen molar-refractivity contribution < 1.29 is 64.7 Å². The molecular formula is C45H79N3O13. The number of rotatable bonds is 20. The number of nitrogens with zero attached hydrogens (tertiary/aromatic N) is 1. The topological polar surface area (TPSA) is 251 Å². The first kappa shape index (κ1) is 50.0. The number of hydrogen-bond acceptors (Lipinski definition) is 14. The monoisotopic (exact) mass is 870 g/mol. The maximum atomic E-state index is 12.9. The summed E-state index contributed by atoms with van der Waals surface area (Å²) in [6, 6.07) is 0. The predicted molar refractivity (Wildman–Crippen MR) is 226 cm³/mol. The van der Waals surface area contributed by atoms with Crippen LogP contribution in [0.15, 0.2) is 11.6 Å². The zero-order valence-electron chi connectivity index (χ0n) is 37.4. The van der Waals surface area contributed by atoms with E-state index in [1.165, 1.54) is 50.5 Å². The van der Waals surface area contributed by atoms with Crippen molar-refractivity contribution in [1.29, 1.82) is 0 Å². The normalized spacial score (nSPS) is 37.4. The number of allylic oxidation sites excluding steroid dienone is 1. The van der Waals surface area contributed by atoms with Crippen molar-refractivity contribution in [2.75, 3.05) is 46.4 Å². The van der Waals surface area contributed by atoms with Crippen LogP contribution in [0.3, 0.4) is 0 Å². The maximum absolute atomic E-state index is 12.9. The van der Waals surface area contributed by atoms with Crippen LogP contribution in [-0.2, 0) is 19.0 Å². The molecule has 16 heteroatoms. The number of likely N-dealkylation sites (N-methyl/N-ethyl adjacent to an activating group) is 1. The van der Waals surface area contributed by atoms with Gasteiger partial charge in [-0.15, -0.1) is 0 Å². The van der Waals surface area contributed by atoms with E-state index in [9.17, 15) is 50.4 Å². The molecule has 1 heterocycles. The van der Waals surface area contributed by atoms with Crippen LogP contribution in [0.1, 0.15) is 105 Å². The predicted octanol–water partition coefficient (Wildman–Crippen LogP) is 1.43. The third-order valence-corrected chi connectivity index (χ3v) is 15.7. The summed E-state index contributed by atoms with van der Waals surface area (Å²) in [6.45, 7) is 11.6. The zero-order valence-corrected chi connectivity index (χ0v) is 37.4. The van der Waals surface area contributed by atoms with Crippen molar-refractivity contribution in [3.05, 3.63) is 11.6 Å². The molecule has 5 aliphatic rings. The van der Waals surface area contributed by atoms with Gasteiger partial charge in [0.25, 0.3) is 5.91 Å². The molecule has 3 saturated carbocycles. The molecule has 0 radical (unpaired) electrons. The molecule has 16 nitrogen and oxygen atoms in total. The minimum Gasteiger partial charge on any atom is -0.446 e. The van der Waals surface area contributed by atoms with Crippen LogP contribution in [0, 0.1) is 46.3 Å².